The molecular formula is C9H6INO3. The first-order valence-corrected chi connectivity index (χ1v) is 4.81. The van der Waals surface area contributed by atoms with Crippen LogP contribution in [-0.2, 0) is 0 Å². The van der Waals surface area contributed by atoms with E-state index in [0.29, 0.717) is 6.29 Å². The van der Waals surface area contributed by atoms with Gasteiger partial charge < -0.3 is 0 Å². The molecule has 1 rings (SSSR count). The van der Waals surface area contributed by atoms with Crippen molar-refractivity contribution in [2.75, 3.05) is 0 Å². The molecule has 0 aliphatic carbocycles. The largest absolute Gasteiger partial charge is 0.296 e. The minimum atomic E-state index is -0.325. The summed E-state index contributed by atoms with van der Waals surface area (Å²) in [5.41, 5.74) is 0.439. The molecule has 0 bridgehead atoms. The number of carbonyl (C=O) groups excluding carboxylic acids is 3. The van der Waals surface area contributed by atoms with Crippen LogP contribution in [0.3, 0.4) is 0 Å². The highest BCUT2D eigenvalue weighted by Crippen LogP contribution is 2.12. The average molecular weight is 303 g/mol. The molecule has 0 radical (unpaired) electrons. The van der Waals surface area contributed by atoms with E-state index in [-0.39, 0.29) is 26.5 Å². The number of carbonyl (C=O) groups is 3. The van der Waals surface area contributed by atoms with Crippen molar-refractivity contribution < 1.29 is 14.4 Å². The number of pyridine rings is 1. The fraction of sp³-hybridized carbons (Fsp3) is 0.111. The van der Waals surface area contributed by atoms with Gasteiger partial charge in [-0.1, -0.05) is 0 Å². The van der Waals surface area contributed by atoms with Crippen molar-refractivity contribution in [2.24, 2.45) is 0 Å². The van der Waals surface area contributed by atoms with Crippen molar-refractivity contribution in [2.45, 2.75) is 6.92 Å². The maximum atomic E-state index is 11.1. The lowest BCUT2D eigenvalue weighted by Gasteiger charge is -2.01. The zero-order valence-corrected chi connectivity index (χ0v) is 9.44. The standard InChI is InChI=1S/C9H6INO3/c1-5(13)8-7(9(10)14)3-2-6(4-12)11-8/h2-4H,1H3. The third-order valence-corrected chi connectivity index (χ3v) is 2.16. The third kappa shape index (κ3) is 2.22. The Morgan fingerprint density at radius 3 is 2.50 bits per heavy atom. The lowest BCUT2D eigenvalue weighted by atomic mass is 10.1. The minimum Gasteiger partial charge on any atom is -0.296 e. The second kappa shape index (κ2) is 4.41. The Kier molecular flexibility index (Phi) is 3.45. The molecule has 0 spiro atoms. The van der Waals surface area contributed by atoms with Gasteiger partial charge >= 0.3 is 0 Å². The van der Waals surface area contributed by atoms with Crippen LogP contribution in [0.5, 0.6) is 0 Å². The summed E-state index contributed by atoms with van der Waals surface area (Å²) >= 11 is 1.57. The Morgan fingerprint density at radius 1 is 1.43 bits per heavy atom. The van der Waals surface area contributed by atoms with Crippen LogP contribution in [-0.4, -0.2) is 20.8 Å². The summed E-state index contributed by atoms with van der Waals surface area (Å²) in [4.78, 5) is 36.4. The van der Waals surface area contributed by atoms with Crippen molar-refractivity contribution in [3.8, 4) is 0 Å². The number of hydrogen-bond acceptors (Lipinski definition) is 4. The first-order valence-electron chi connectivity index (χ1n) is 3.73. The van der Waals surface area contributed by atoms with Crippen molar-refractivity contribution in [3.05, 3.63) is 29.1 Å². The summed E-state index contributed by atoms with van der Waals surface area (Å²) in [6.07, 6.45) is 0.536. The lowest BCUT2D eigenvalue weighted by molar-refractivity contribution is 0.0998. The van der Waals surface area contributed by atoms with Crippen molar-refractivity contribution >= 4 is 38.5 Å². The summed E-state index contributed by atoms with van der Waals surface area (Å²) in [6.45, 7) is 1.31. The van der Waals surface area contributed by atoms with E-state index in [2.05, 4.69) is 4.98 Å². The highest BCUT2D eigenvalue weighted by atomic mass is 127. The van der Waals surface area contributed by atoms with Crippen LogP contribution in [0.2, 0.25) is 0 Å². The van der Waals surface area contributed by atoms with Gasteiger partial charge in [0.05, 0.1) is 5.56 Å². The average Bonchev–Trinajstić information content (AvgIpc) is 2.16. The Bertz CT molecular complexity index is 415. The molecule has 0 amide bonds. The number of ketones is 1. The van der Waals surface area contributed by atoms with E-state index in [1.807, 2.05) is 0 Å². The monoisotopic (exact) mass is 303 g/mol. The van der Waals surface area contributed by atoms with Crippen LogP contribution in [0, 0.1) is 0 Å². The second-order valence-corrected chi connectivity index (χ2v) is 3.56. The molecule has 0 unspecified atom stereocenters. The van der Waals surface area contributed by atoms with E-state index in [4.69, 9.17) is 0 Å². The zero-order valence-electron chi connectivity index (χ0n) is 7.28. The second-order valence-electron chi connectivity index (χ2n) is 2.58. The highest BCUT2D eigenvalue weighted by Gasteiger charge is 2.14. The van der Waals surface area contributed by atoms with Crippen LogP contribution < -0.4 is 0 Å². The van der Waals surface area contributed by atoms with Gasteiger partial charge in [0.25, 0.3) is 0 Å². The maximum absolute atomic E-state index is 11.1. The summed E-state index contributed by atoms with van der Waals surface area (Å²) < 4.78 is -0.266. The molecule has 0 saturated heterocycles. The van der Waals surface area contributed by atoms with E-state index in [9.17, 15) is 14.4 Å². The molecule has 0 fully saturated rings. The number of aromatic nitrogens is 1. The molecule has 0 aliphatic rings. The van der Waals surface area contributed by atoms with Gasteiger partial charge in [-0.05, 0) is 12.1 Å². The van der Waals surface area contributed by atoms with Gasteiger partial charge in [0.15, 0.2) is 12.1 Å². The van der Waals surface area contributed by atoms with Crippen LogP contribution in [0.25, 0.3) is 0 Å². The smallest absolute Gasteiger partial charge is 0.224 e. The molecule has 72 valence electrons. The number of rotatable bonds is 3. The van der Waals surface area contributed by atoms with Gasteiger partial charge in [-0.25, -0.2) is 4.98 Å². The van der Waals surface area contributed by atoms with E-state index in [1.165, 1.54) is 19.1 Å². The first-order chi connectivity index (χ1) is 6.56. The first kappa shape index (κ1) is 11.0. The quantitative estimate of drug-likeness (QED) is 0.369. The van der Waals surface area contributed by atoms with Crippen LogP contribution >= 0.6 is 22.6 Å². The molecule has 14 heavy (non-hydrogen) atoms. The molecule has 0 aromatic carbocycles. The van der Waals surface area contributed by atoms with Crippen LogP contribution in [0.4, 0.5) is 0 Å². The molecular weight excluding hydrogens is 297 g/mol. The molecule has 4 nitrogen and oxygen atoms in total. The Morgan fingerprint density at radius 2 is 2.07 bits per heavy atom. The summed E-state index contributed by atoms with van der Waals surface area (Å²) in [7, 11) is 0. The Balaban J connectivity index is 3.38. The van der Waals surface area contributed by atoms with Gasteiger partial charge in [-0.15, -0.1) is 0 Å². The van der Waals surface area contributed by atoms with Crippen LogP contribution in [0.1, 0.15) is 38.3 Å². The van der Waals surface area contributed by atoms with E-state index < -0.39 is 0 Å². The SMILES string of the molecule is CC(=O)c1nc(C=O)ccc1C(=O)I. The number of aldehydes is 1. The van der Waals surface area contributed by atoms with Gasteiger partial charge in [-0.3, -0.25) is 14.4 Å². The third-order valence-electron chi connectivity index (χ3n) is 1.58. The van der Waals surface area contributed by atoms with Gasteiger partial charge in [0.2, 0.25) is 3.79 Å². The molecule has 0 saturated carbocycles. The zero-order chi connectivity index (χ0) is 10.7. The summed E-state index contributed by atoms with van der Waals surface area (Å²) in [6, 6.07) is 2.84. The molecule has 1 aromatic heterocycles. The molecule has 0 aliphatic heterocycles. The number of Topliss-reactive ketones (excluding diaryl/α,β-unsaturated/α-hetero) is 1. The summed E-state index contributed by atoms with van der Waals surface area (Å²) in [5.74, 6) is -0.325. The number of nitrogens with zero attached hydrogens (tertiary/aromatic N) is 1. The lowest BCUT2D eigenvalue weighted by Crippen LogP contribution is -2.07. The molecule has 0 atom stereocenters. The fourth-order valence-electron chi connectivity index (χ4n) is 0.967. The highest BCUT2D eigenvalue weighted by molar-refractivity contribution is 14.1. The van der Waals surface area contributed by atoms with E-state index in [1.54, 1.807) is 22.6 Å². The molecule has 5 heteroatoms. The fourth-order valence-corrected chi connectivity index (χ4v) is 1.40. The molecule has 1 heterocycles. The Hall–Kier alpha value is -1.11. The Labute approximate surface area is 93.9 Å². The van der Waals surface area contributed by atoms with E-state index >= 15 is 0 Å². The van der Waals surface area contributed by atoms with E-state index in [0.717, 1.165) is 0 Å². The van der Waals surface area contributed by atoms with Crippen LogP contribution in [0.15, 0.2) is 12.1 Å². The maximum Gasteiger partial charge on any atom is 0.224 e. The number of halogens is 1. The molecule has 1 aromatic rings. The topological polar surface area (TPSA) is 64.1 Å². The van der Waals surface area contributed by atoms with Crippen molar-refractivity contribution in [1.82, 2.24) is 4.98 Å². The van der Waals surface area contributed by atoms with Gasteiger partial charge in [0.1, 0.15) is 11.4 Å². The summed E-state index contributed by atoms with van der Waals surface area (Å²) in [5, 5.41) is 0. The minimum absolute atomic E-state index is 0.0500. The normalized spacial score (nSPS) is 9.57. The molecule has 0 N–H and O–H groups in total. The number of hydrogen-bond donors (Lipinski definition) is 0. The predicted octanol–water partition coefficient (Wildman–Crippen LogP) is 1.67. The van der Waals surface area contributed by atoms with Gasteiger partial charge in [0, 0.05) is 29.5 Å². The van der Waals surface area contributed by atoms with Crippen molar-refractivity contribution in [1.29, 1.82) is 0 Å². The predicted molar refractivity (Wildman–Crippen MR) is 58.0 cm³/mol. The van der Waals surface area contributed by atoms with Gasteiger partial charge in [-0.2, -0.15) is 0 Å². The van der Waals surface area contributed by atoms with Crippen molar-refractivity contribution in [3.63, 3.8) is 0 Å².